The second-order valence-electron chi connectivity index (χ2n) is 25.6. The van der Waals surface area contributed by atoms with Crippen molar-refractivity contribution in [3.05, 3.63) is 12.2 Å². The van der Waals surface area contributed by atoms with E-state index in [1.54, 1.807) is 0 Å². The van der Waals surface area contributed by atoms with Crippen LogP contribution >= 0.6 is 0 Å². The number of carbonyl (C=O) groups is 3. The third-order valence-corrected chi connectivity index (χ3v) is 17.3. The molecule has 0 radical (unpaired) electrons. The van der Waals surface area contributed by atoms with Gasteiger partial charge in [0.05, 0.1) is 0 Å². The van der Waals surface area contributed by atoms with Gasteiger partial charge in [-0.1, -0.05) is 380 Å². The Bertz CT molecular complexity index is 1260. The van der Waals surface area contributed by atoms with Crippen LogP contribution in [0.5, 0.6) is 0 Å². The first kappa shape index (κ1) is 79.2. The highest BCUT2D eigenvalue weighted by molar-refractivity contribution is 5.71. The van der Waals surface area contributed by atoms with Gasteiger partial charge in [0.2, 0.25) is 0 Å². The highest BCUT2D eigenvalue weighted by atomic mass is 16.6. The molecule has 6 nitrogen and oxygen atoms in total. The van der Waals surface area contributed by atoms with E-state index in [1.807, 2.05) is 0 Å². The van der Waals surface area contributed by atoms with E-state index in [9.17, 15) is 14.4 Å². The maximum Gasteiger partial charge on any atom is 0.306 e. The van der Waals surface area contributed by atoms with E-state index in [1.165, 1.54) is 327 Å². The summed E-state index contributed by atoms with van der Waals surface area (Å²) >= 11 is 0. The Balaban J connectivity index is 4.20. The Hall–Kier alpha value is -1.85. The molecular formula is C75H144O6. The minimum atomic E-state index is -0.770. The topological polar surface area (TPSA) is 78.9 Å². The molecule has 0 aliphatic rings. The Morgan fingerprint density at radius 1 is 0.235 bits per heavy atom. The fraction of sp³-hybridized carbons (Fsp3) is 0.933. The summed E-state index contributed by atoms with van der Waals surface area (Å²) in [5, 5.41) is 0. The lowest BCUT2D eigenvalue weighted by Crippen LogP contribution is -2.30. The highest BCUT2D eigenvalue weighted by Gasteiger charge is 2.20. The quantitative estimate of drug-likeness (QED) is 0.0261. The van der Waals surface area contributed by atoms with Crippen LogP contribution in [0.4, 0.5) is 0 Å². The second-order valence-corrected chi connectivity index (χ2v) is 25.6. The summed E-state index contributed by atoms with van der Waals surface area (Å²) in [5.74, 6) is -0.836. The van der Waals surface area contributed by atoms with Crippen LogP contribution in [0, 0.1) is 0 Å². The average Bonchev–Trinajstić information content (AvgIpc) is 3.47. The van der Waals surface area contributed by atoms with Crippen LogP contribution in [0.15, 0.2) is 12.2 Å². The summed E-state index contributed by atoms with van der Waals surface area (Å²) in [7, 11) is 0. The first-order chi connectivity index (χ1) is 40.0. The van der Waals surface area contributed by atoms with Crippen LogP contribution in [0.25, 0.3) is 0 Å². The molecule has 0 aliphatic carbocycles. The van der Waals surface area contributed by atoms with E-state index in [4.69, 9.17) is 14.2 Å². The lowest BCUT2D eigenvalue weighted by Gasteiger charge is -2.18. The van der Waals surface area contributed by atoms with Crippen molar-refractivity contribution in [1.82, 2.24) is 0 Å². The molecule has 0 aliphatic heterocycles. The van der Waals surface area contributed by atoms with Crippen molar-refractivity contribution in [2.24, 2.45) is 0 Å². The molecule has 0 saturated carbocycles. The monoisotopic (exact) mass is 1140 g/mol. The molecule has 480 valence electrons. The molecule has 0 N–H and O–H groups in total. The molecule has 0 amide bonds. The summed E-state index contributed by atoms with van der Waals surface area (Å²) in [6.45, 7) is 6.73. The standard InChI is InChI=1S/C75H144O6/c1-4-7-10-13-16-19-22-25-28-31-33-34-35-36-37-38-39-40-41-43-44-47-50-53-56-59-62-65-68-74(77)80-71-72(70-79-73(76)67-64-61-58-55-52-49-46-30-27-24-21-18-15-12-9-6-3)81-75(78)69-66-63-60-57-54-51-48-45-42-32-29-26-23-20-17-14-11-8-5-2/h30,46,72H,4-29,31-45,47-71H2,1-3H3/b46-30-. The fourth-order valence-electron chi connectivity index (χ4n) is 11.7. The van der Waals surface area contributed by atoms with Crippen molar-refractivity contribution < 1.29 is 28.6 Å². The number of carbonyl (C=O) groups excluding carboxylic acids is 3. The third kappa shape index (κ3) is 68.8. The molecule has 1 atom stereocenters. The van der Waals surface area contributed by atoms with Gasteiger partial charge in [-0.05, 0) is 44.9 Å². The maximum atomic E-state index is 13.0. The average molecular weight is 1140 g/mol. The summed E-state index contributed by atoms with van der Waals surface area (Å²) in [6.07, 6.45) is 85.4. The van der Waals surface area contributed by atoms with E-state index in [-0.39, 0.29) is 31.1 Å². The molecular weight excluding hydrogens is 997 g/mol. The van der Waals surface area contributed by atoms with Crippen molar-refractivity contribution in [3.8, 4) is 0 Å². The third-order valence-electron chi connectivity index (χ3n) is 17.3. The number of hydrogen-bond donors (Lipinski definition) is 0. The molecule has 0 aromatic rings. The number of rotatable bonds is 70. The van der Waals surface area contributed by atoms with Crippen LogP contribution in [-0.4, -0.2) is 37.2 Å². The Morgan fingerprint density at radius 3 is 0.617 bits per heavy atom. The number of allylic oxidation sites excluding steroid dienone is 2. The predicted molar refractivity (Wildman–Crippen MR) is 353 cm³/mol. The van der Waals surface area contributed by atoms with Gasteiger partial charge < -0.3 is 14.2 Å². The lowest BCUT2D eigenvalue weighted by molar-refractivity contribution is -0.167. The zero-order chi connectivity index (χ0) is 58.5. The Morgan fingerprint density at radius 2 is 0.407 bits per heavy atom. The molecule has 0 aromatic heterocycles. The molecule has 0 bridgehead atoms. The molecule has 0 rings (SSSR count). The minimum Gasteiger partial charge on any atom is -0.462 e. The lowest BCUT2D eigenvalue weighted by atomic mass is 10.0. The normalized spacial score (nSPS) is 12.0. The maximum absolute atomic E-state index is 13.0. The zero-order valence-electron chi connectivity index (χ0n) is 55.4. The van der Waals surface area contributed by atoms with Crippen molar-refractivity contribution in [1.29, 1.82) is 0 Å². The van der Waals surface area contributed by atoms with Gasteiger partial charge in [0.15, 0.2) is 6.10 Å². The molecule has 0 spiro atoms. The zero-order valence-corrected chi connectivity index (χ0v) is 55.4. The van der Waals surface area contributed by atoms with E-state index >= 15 is 0 Å². The Kier molecular flexibility index (Phi) is 69.0. The van der Waals surface area contributed by atoms with Crippen LogP contribution < -0.4 is 0 Å². The van der Waals surface area contributed by atoms with Gasteiger partial charge in [-0.3, -0.25) is 14.4 Å². The molecule has 1 unspecified atom stereocenters. The van der Waals surface area contributed by atoms with Gasteiger partial charge in [0.25, 0.3) is 0 Å². The summed E-state index contributed by atoms with van der Waals surface area (Å²) in [4.78, 5) is 38.5. The Labute approximate surface area is 507 Å². The minimum absolute atomic E-state index is 0.0654. The van der Waals surface area contributed by atoms with Crippen LogP contribution in [-0.2, 0) is 28.6 Å². The van der Waals surface area contributed by atoms with Gasteiger partial charge in [-0.15, -0.1) is 0 Å². The van der Waals surface area contributed by atoms with E-state index in [0.29, 0.717) is 19.3 Å². The van der Waals surface area contributed by atoms with E-state index in [0.717, 1.165) is 64.2 Å². The van der Waals surface area contributed by atoms with Gasteiger partial charge in [-0.2, -0.15) is 0 Å². The smallest absolute Gasteiger partial charge is 0.306 e. The van der Waals surface area contributed by atoms with Gasteiger partial charge >= 0.3 is 17.9 Å². The van der Waals surface area contributed by atoms with Crippen molar-refractivity contribution >= 4 is 17.9 Å². The molecule has 0 heterocycles. The highest BCUT2D eigenvalue weighted by Crippen LogP contribution is 2.20. The number of hydrogen-bond acceptors (Lipinski definition) is 6. The van der Waals surface area contributed by atoms with Crippen molar-refractivity contribution in [2.45, 2.75) is 438 Å². The van der Waals surface area contributed by atoms with Crippen molar-refractivity contribution in [2.75, 3.05) is 13.2 Å². The largest absolute Gasteiger partial charge is 0.462 e. The number of ether oxygens (including phenoxy) is 3. The van der Waals surface area contributed by atoms with Gasteiger partial charge in [0, 0.05) is 19.3 Å². The van der Waals surface area contributed by atoms with Crippen LogP contribution in [0.2, 0.25) is 0 Å². The molecule has 0 saturated heterocycles. The number of esters is 3. The van der Waals surface area contributed by atoms with Crippen LogP contribution in [0.1, 0.15) is 432 Å². The number of unbranched alkanes of at least 4 members (excludes halogenated alkanes) is 57. The van der Waals surface area contributed by atoms with E-state index in [2.05, 4.69) is 32.9 Å². The molecule has 0 aromatic carbocycles. The predicted octanol–water partition coefficient (Wildman–Crippen LogP) is 25.6. The SMILES string of the molecule is CCCCCCCCC/C=C\CCCCCCCC(=O)OCC(COC(=O)CCCCCCCCCCCCCCCCCCCCCCCCCCCCCC)OC(=O)CCCCCCCCCCCCCCCCCCCCC. The summed E-state index contributed by atoms with van der Waals surface area (Å²) < 4.78 is 17.0. The van der Waals surface area contributed by atoms with E-state index < -0.39 is 6.10 Å². The van der Waals surface area contributed by atoms with Crippen molar-refractivity contribution in [3.63, 3.8) is 0 Å². The molecule has 81 heavy (non-hydrogen) atoms. The van der Waals surface area contributed by atoms with Crippen LogP contribution in [0.3, 0.4) is 0 Å². The van der Waals surface area contributed by atoms with Gasteiger partial charge in [-0.25, -0.2) is 0 Å². The molecule has 0 fully saturated rings. The second kappa shape index (κ2) is 70.6. The summed E-state index contributed by atoms with van der Waals surface area (Å²) in [6, 6.07) is 0. The molecule has 6 heteroatoms. The fourth-order valence-corrected chi connectivity index (χ4v) is 11.7. The van der Waals surface area contributed by atoms with Gasteiger partial charge in [0.1, 0.15) is 13.2 Å². The first-order valence-corrected chi connectivity index (χ1v) is 37.2. The summed E-state index contributed by atoms with van der Waals surface area (Å²) in [5.41, 5.74) is 0. The first-order valence-electron chi connectivity index (χ1n) is 37.2.